The number of benzene rings is 2. The summed E-state index contributed by atoms with van der Waals surface area (Å²) in [5, 5.41) is 3.37. The van der Waals surface area contributed by atoms with Crippen molar-refractivity contribution in [3.63, 3.8) is 0 Å². The molecule has 0 bridgehead atoms. The zero-order valence-electron chi connectivity index (χ0n) is 12.5. The van der Waals surface area contributed by atoms with Crippen LogP contribution in [0.4, 0.5) is 10.1 Å². The van der Waals surface area contributed by atoms with E-state index < -0.39 is 0 Å². The molecule has 2 rings (SSSR count). The first-order chi connectivity index (χ1) is 10.1. The van der Waals surface area contributed by atoms with E-state index in [1.54, 1.807) is 19.2 Å². The second-order valence-corrected chi connectivity index (χ2v) is 4.72. The number of methoxy groups -OCH3 is 1. The van der Waals surface area contributed by atoms with E-state index in [9.17, 15) is 4.39 Å². The van der Waals surface area contributed by atoms with Gasteiger partial charge in [0.2, 0.25) is 0 Å². The van der Waals surface area contributed by atoms with Gasteiger partial charge < -0.3 is 14.8 Å². The molecule has 1 unspecified atom stereocenters. The predicted octanol–water partition coefficient (Wildman–Crippen LogP) is 4.41. The van der Waals surface area contributed by atoms with E-state index in [1.807, 2.05) is 32.0 Å². The van der Waals surface area contributed by atoms with Gasteiger partial charge in [-0.25, -0.2) is 4.39 Å². The molecular weight excluding hydrogens is 269 g/mol. The van der Waals surface area contributed by atoms with Crippen LogP contribution in [0.1, 0.15) is 25.5 Å². The average Bonchev–Trinajstić information content (AvgIpc) is 2.48. The molecule has 4 heteroatoms. The molecule has 0 aliphatic carbocycles. The van der Waals surface area contributed by atoms with Gasteiger partial charge in [0.15, 0.2) is 11.5 Å². The van der Waals surface area contributed by atoms with E-state index in [1.165, 1.54) is 12.1 Å². The van der Waals surface area contributed by atoms with E-state index in [0.29, 0.717) is 18.1 Å². The lowest BCUT2D eigenvalue weighted by atomic mass is 10.1. The third kappa shape index (κ3) is 3.88. The molecule has 0 aliphatic heterocycles. The number of nitrogens with one attached hydrogen (secondary N) is 1. The molecule has 1 atom stereocenters. The molecule has 0 heterocycles. The molecule has 0 aliphatic rings. The van der Waals surface area contributed by atoms with Gasteiger partial charge in [-0.3, -0.25) is 0 Å². The van der Waals surface area contributed by atoms with E-state index in [4.69, 9.17) is 9.47 Å². The van der Waals surface area contributed by atoms with Crippen molar-refractivity contribution in [2.45, 2.75) is 19.9 Å². The number of hydrogen-bond acceptors (Lipinski definition) is 3. The van der Waals surface area contributed by atoms with Gasteiger partial charge >= 0.3 is 0 Å². The van der Waals surface area contributed by atoms with Gasteiger partial charge in [-0.15, -0.1) is 0 Å². The first-order valence-corrected chi connectivity index (χ1v) is 6.97. The largest absolute Gasteiger partial charge is 0.493 e. The van der Waals surface area contributed by atoms with Crippen LogP contribution in [0, 0.1) is 5.82 Å². The van der Waals surface area contributed by atoms with Crippen molar-refractivity contribution in [3.05, 3.63) is 53.8 Å². The SMILES string of the molecule is CCOc1cc(NC(C)c2ccc(F)cc2)ccc1OC. The van der Waals surface area contributed by atoms with Gasteiger partial charge in [0.1, 0.15) is 5.82 Å². The molecule has 0 amide bonds. The summed E-state index contributed by atoms with van der Waals surface area (Å²) in [6, 6.07) is 12.3. The normalized spacial score (nSPS) is 11.8. The van der Waals surface area contributed by atoms with Gasteiger partial charge in [-0.1, -0.05) is 12.1 Å². The molecule has 0 saturated heterocycles. The van der Waals surface area contributed by atoms with Crippen LogP contribution in [0.3, 0.4) is 0 Å². The maximum atomic E-state index is 12.9. The molecule has 0 radical (unpaired) electrons. The Labute approximate surface area is 124 Å². The molecule has 1 N–H and O–H groups in total. The van der Waals surface area contributed by atoms with Crippen LogP contribution in [0.5, 0.6) is 11.5 Å². The van der Waals surface area contributed by atoms with Gasteiger partial charge in [0.25, 0.3) is 0 Å². The summed E-state index contributed by atoms with van der Waals surface area (Å²) in [5.74, 6) is 1.18. The number of hydrogen-bond donors (Lipinski definition) is 1. The van der Waals surface area contributed by atoms with E-state index >= 15 is 0 Å². The summed E-state index contributed by atoms with van der Waals surface area (Å²) in [4.78, 5) is 0. The van der Waals surface area contributed by atoms with Crippen molar-refractivity contribution in [2.75, 3.05) is 19.0 Å². The van der Waals surface area contributed by atoms with Gasteiger partial charge in [0.05, 0.1) is 13.7 Å². The van der Waals surface area contributed by atoms with Crippen LogP contribution in [0.25, 0.3) is 0 Å². The summed E-state index contributed by atoms with van der Waals surface area (Å²) >= 11 is 0. The lowest BCUT2D eigenvalue weighted by Gasteiger charge is -2.17. The number of ether oxygens (including phenoxy) is 2. The van der Waals surface area contributed by atoms with E-state index in [0.717, 1.165) is 11.3 Å². The van der Waals surface area contributed by atoms with Crippen molar-refractivity contribution >= 4 is 5.69 Å². The topological polar surface area (TPSA) is 30.5 Å². The highest BCUT2D eigenvalue weighted by Gasteiger charge is 2.09. The minimum absolute atomic E-state index is 0.0634. The summed E-state index contributed by atoms with van der Waals surface area (Å²) in [6.45, 7) is 4.53. The second kappa shape index (κ2) is 6.97. The van der Waals surface area contributed by atoms with Crippen LogP contribution in [-0.2, 0) is 0 Å². The number of rotatable bonds is 6. The Morgan fingerprint density at radius 1 is 1.10 bits per heavy atom. The molecular formula is C17H20FNO2. The fourth-order valence-electron chi connectivity index (χ4n) is 2.12. The van der Waals surface area contributed by atoms with E-state index in [2.05, 4.69) is 5.32 Å². The summed E-state index contributed by atoms with van der Waals surface area (Å²) in [7, 11) is 1.62. The fraction of sp³-hybridized carbons (Fsp3) is 0.294. The smallest absolute Gasteiger partial charge is 0.163 e. The maximum absolute atomic E-state index is 12.9. The maximum Gasteiger partial charge on any atom is 0.163 e. The first-order valence-electron chi connectivity index (χ1n) is 6.97. The highest BCUT2D eigenvalue weighted by atomic mass is 19.1. The molecule has 112 valence electrons. The lowest BCUT2D eigenvalue weighted by molar-refractivity contribution is 0.311. The molecule has 2 aromatic rings. The Morgan fingerprint density at radius 3 is 2.43 bits per heavy atom. The average molecular weight is 289 g/mol. The predicted molar refractivity (Wildman–Crippen MR) is 82.6 cm³/mol. The molecule has 2 aromatic carbocycles. The third-order valence-corrected chi connectivity index (χ3v) is 3.22. The number of anilines is 1. The van der Waals surface area contributed by atoms with Gasteiger partial charge in [-0.2, -0.15) is 0 Å². The van der Waals surface area contributed by atoms with Crippen molar-refractivity contribution in [2.24, 2.45) is 0 Å². The molecule has 0 spiro atoms. The zero-order valence-corrected chi connectivity index (χ0v) is 12.5. The standard InChI is InChI=1S/C17H20FNO2/c1-4-21-17-11-15(9-10-16(17)20-3)19-12(2)13-5-7-14(18)8-6-13/h5-12,19H,4H2,1-3H3. The summed E-state index contributed by atoms with van der Waals surface area (Å²) < 4.78 is 23.8. The van der Waals surface area contributed by atoms with Crippen molar-refractivity contribution in [1.29, 1.82) is 0 Å². The van der Waals surface area contributed by atoms with Crippen molar-refractivity contribution < 1.29 is 13.9 Å². The highest BCUT2D eigenvalue weighted by molar-refractivity contribution is 5.55. The Kier molecular flexibility index (Phi) is 5.04. The monoisotopic (exact) mass is 289 g/mol. The van der Waals surface area contributed by atoms with E-state index in [-0.39, 0.29) is 11.9 Å². The molecule has 3 nitrogen and oxygen atoms in total. The minimum Gasteiger partial charge on any atom is -0.493 e. The second-order valence-electron chi connectivity index (χ2n) is 4.72. The molecule has 0 aromatic heterocycles. The quantitative estimate of drug-likeness (QED) is 0.854. The minimum atomic E-state index is -0.228. The Hall–Kier alpha value is -2.23. The van der Waals surface area contributed by atoms with Crippen LogP contribution >= 0.6 is 0 Å². The molecule has 21 heavy (non-hydrogen) atoms. The number of halogens is 1. The zero-order chi connectivity index (χ0) is 15.2. The highest BCUT2D eigenvalue weighted by Crippen LogP contribution is 2.31. The van der Waals surface area contributed by atoms with Crippen molar-refractivity contribution in [3.8, 4) is 11.5 Å². The van der Waals surface area contributed by atoms with Crippen LogP contribution in [0.2, 0.25) is 0 Å². The van der Waals surface area contributed by atoms with Crippen LogP contribution in [-0.4, -0.2) is 13.7 Å². The first kappa shape index (κ1) is 15.2. The van der Waals surface area contributed by atoms with Crippen molar-refractivity contribution in [1.82, 2.24) is 0 Å². The Bertz CT molecular complexity index is 584. The van der Waals surface area contributed by atoms with Crippen LogP contribution < -0.4 is 14.8 Å². The lowest BCUT2D eigenvalue weighted by Crippen LogP contribution is -2.07. The Balaban J connectivity index is 2.15. The van der Waals surface area contributed by atoms with Gasteiger partial charge in [0, 0.05) is 17.8 Å². The summed E-state index contributed by atoms with van der Waals surface area (Å²) in [5.41, 5.74) is 1.95. The Morgan fingerprint density at radius 2 is 1.81 bits per heavy atom. The third-order valence-electron chi connectivity index (χ3n) is 3.22. The summed E-state index contributed by atoms with van der Waals surface area (Å²) in [6.07, 6.45) is 0. The van der Waals surface area contributed by atoms with Crippen LogP contribution in [0.15, 0.2) is 42.5 Å². The fourth-order valence-corrected chi connectivity index (χ4v) is 2.12. The molecule has 0 saturated carbocycles. The van der Waals surface area contributed by atoms with Gasteiger partial charge in [-0.05, 0) is 43.7 Å². The molecule has 0 fully saturated rings.